The molecule has 0 aliphatic rings. The van der Waals surface area contributed by atoms with Crippen LogP contribution in [0, 0.1) is 5.82 Å². The Morgan fingerprint density at radius 1 is 1.58 bits per heavy atom. The number of thiol groups is 1. The molecule has 0 fully saturated rings. The average molecular weight is 184 g/mol. The van der Waals surface area contributed by atoms with Crippen LogP contribution < -0.4 is 0 Å². The lowest BCUT2D eigenvalue weighted by Crippen LogP contribution is -1.97. The Morgan fingerprint density at radius 2 is 2.25 bits per heavy atom. The maximum absolute atomic E-state index is 13.1. The molecule has 1 atom stereocenters. The van der Waals surface area contributed by atoms with Crippen molar-refractivity contribution in [2.24, 2.45) is 0 Å². The van der Waals surface area contributed by atoms with Crippen molar-refractivity contribution >= 4 is 18.9 Å². The lowest BCUT2D eigenvalue weighted by Gasteiger charge is -2.05. The zero-order chi connectivity index (χ0) is 9.14. The fraction of sp³-hybridized carbons (Fsp3) is 0.222. The summed E-state index contributed by atoms with van der Waals surface area (Å²) in [7, 11) is 0. The van der Waals surface area contributed by atoms with Crippen LogP contribution in [0.5, 0.6) is 0 Å². The van der Waals surface area contributed by atoms with Gasteiger partial charge in [0.2, 0.25) is 0 Å². The van der Waals surface area contributed by atoms with Crippen molar-refractivity contribution in [3.05, 3.63) is 29.6 Å². The average Bonchev–Trinajstić information content (AvgIpc) is 2.03. The van der Waals surface area contributed by atoms with Gasteiger partial charge < -0.3 is 4.79 Å². The van der Waals surface area contributed by atoms with Crippen LogP contribution in [0.2, 0.25) is 0 Å². The number of carbonyl (C=O) groups is 1. The summed E-state index contributed by atoms with van der Waals surface area (Å²) in [5.41, 5.74) is 0.419. The van der Waals surface area contributed by atoms with Crippen LogP contribution in [0.15, 0.2) is 23.1 Å². The van der Waals surface area contributed by atoms with E-state index in [1.807, 2.05) is 0 Å². The van der Waals surface area contributed by atoms with Crippen molar-refractivity contribution in [3.63, 3.8) is 0 Å². The largest absolute Gasteiger partial charge is 0.303 e. The highest BCUT2D eigenvalue weighted by Gasteiger charge is 2.08. The van der Waals surface area contributed by atoms with E-state index in [-0.39, 0.29) is 11.7 Å². The zero-order valence-corrected chi connectivity index (χ0v) is 7.51. The molecule has 0 aliphatic carbocycles. The molecule has 0 saturated heterocycles. The van der Waals surface area contributed by atoms with E-state index < -0.39 is 0 Å². The molecule has 1 aromatic carbocycles. The van der Waals surface area contributed by atoms with E-state index in [9.17, 15) is 9.18 Å². The Labute approximate surface area is 76.0 Å². The van der Waals surface area contributed by atoms with Gasteiger partial charge in [0.1, 0.15) is 12.1 Å². The third kappa shape index (κ3) is 1.85. The van der Waals surface area contributed by atoms with Crippen LogP contribution in [0.25, 0.3) is 0 Å². The van der Waals surface area contributed by atoms with Gasteiger partial charge in [-0.1, -0.05) is 13.0 Å². The highest BCUT2D eigenvalue weighted by atomic mass is 32.1. The molecule has 1 nitrogen and oxygen atoms in total. The van der Waals surface area contributed by atoms with Crippen molar-refractivity contribution in [1.29, 1.82) is 0 Å². The molecule has 0 radical (unpaired) electrons. The molecule has 0 aromatic heterocycles. The van der Waals surface area contributed by atoms with Crippen molar-refractivity contribution in [1.82, 2.24) is 0 Å². The maximum atomic E-state index is 13.1. The molecule has 0 spiro atoms. The van der Waals surface area contributed by atoms with Gasteiger partial charge in [-0.15, -0.1) is 12.6 Å². The fourth-order valence-corrected chi connectivity index (χ4v) is 1.15. The Morgan fingerprint density at radius 3 is 2.75 bits per heavy atom. The first-order valence-electron chi connectivity index (χ1n) is 3.59. The van der Waals surface area contributed by atoms with Gasteiger partial charge in [-0.3, -0.25) is 0 Å². The highest BCUT2D eigenvalue weighted by Crippen LogP contribution is 2.19. The second-order valence-corrected chi connectivity index (χ2v) is 3.15. The number of carbonyl (C=O) groups excluding carboxylic acids is 1. The van der Waals surface area contributed by atoms with Crippen LogP contribution in [-0.4, -0.2) is 6.29 Å². The second kappa shape index (κ2) is 3.72. The van der Waals surface area contributed by atoms with Gasteiger partial charge in [-0.05, 0) is 17.7 Å². The number of rotatable bonds is 2. The van der Waals surface area contributed by atoms with Gasteiger partial charge in [0.25, 0.3) is 0 Å². The van der Waals surface area contributed by atoms with Gasteiger partial charge >= 0.3 is 0 Å². The molecule has 1 unspecified atom stereocenters. The molecule has 0 N–H and O–H groups in total. The number of benzene rings is 1. The summed E-state index contributed by atoms with van der Waals surface area (Å²) in [5, 5.41) is 0. The van der Waals surface area contributed by atoms with E-state index in [4.69, 9.17) is 0 Å². The van der Waals surface area contributed by atoms with Crippen molar-refractivity contribution in [2.45, 2.75) is 17.7 Å². The Kier molecular flexibility index (Phi) is 2.87. The summed E-state index contributed by atoms with van der Waals surface area (Å²) >= 11 is 3.97. The van der Waals surface area contributed by atoms with Crippen molar-refractivity contribution < 1.29 is 9.18 Å². The topological polar surface area (TPSA) is 17.1 Å². The molecule has 0 heterocycles. The van der Waals surface area contributed by atoms with Crippen LogP contribution in [0.4, 0.5) is 4.39 Å². The van der Waals surface area contributed by atoms with E-state index in [1.54, 1.807) is 19.1 Å². The van der Waals surface area contributed by atoms with Crippen LogP contribution in [0.3, 0.4) is 0 Å². The summed E-state index contributed by atoms with van der Waals surface area (Å²) in [6.45, 7) is 1.66. The third-order valence-corrected chi connectivity index (χ3v) is 1.96. The number of halogens is 1. The minimum Gasteiger partial charge on any atom is -0.303 e. The summed E-state index contributed by atoms with van der Waals surface area (Å²) in [4.78, 5) is 10.9. The molecule has 0 amide bonds. The highest BCUT2D eigenvalue weighted by molar-refractivity contribution is 7.80. The Balaban J connectivity index is 3.09. The summed E-state index contributed by atoms with van der Waals surface area (Å²) in [5.74, 6) is -0.763. The molecular weight excluding hydrogens is 175 g/mol. The SMILES string of the molecule is CC(C=O)c1ccc(S)cc1F. The maximum Gasteiger partial charge on any atom is 0.128 e. The number of hydrogen-bond acceptors (Lipinski definition) is 2. The van der Waals surface area contributed by atoms with Gasteiger partial charge in [-0.2, -0.15) is 0 Å². The van der Waals surface area contributed by atoms with Crippen molar-refractivity contribution in [2.75, 3.05) is 0 Å². The first-order valence-corrected chi connectivity index (χ1v) is 4.03. The molecule has 12 heavy (non-hydrogen) atoms. The van der Waals surface area contributed by atoms with E-state index in [0.717, 1.165) is 6.29 Å². The van der Waals surface area contributed by atoms with E-state index >= 15 is 0 Å². The predicted octanol–water partition coefficient (Wildman–Crippen LogP) is 2.42. The quantitative estimate of drug-likeness (QED) is 0.551. The molecule has 1 rings (SSSR count). The van der Waals surface area contributed by atoms with Gasteiger partial charge in [0.05, 0.1) is 0 Å². The monoisotopic (exact) mass is 184 g/mol. The normalized spacial score (nSPS) is 12.6. The summed E-state index contributed by atoms with van der Waals surface area (Å²) in [6, 6.07) is 4.55. The van der Waals surface area contributed by atoms with E-state index in [0.29, 0.717) is 10.5 Å². The second-order valence-electron chi connectivity index (χ2n) is 2.63. The van der Waals surface area contributed by atoms with E-state index in [1.165, 1.54) is 6.07 Å². The molecule has 64 valence electrons. The Hall–Kier alpha value is -0.830. The molecular formula is C9H9FOS. The smallest absolute Gasteiger partial charge is 0.128 e. The van der Waals surface area contributed by atoms with Gasteiger partial charge in [0, 0.05) is 10.8 Å². The molecule has 0 saturated carbocycles. The Bertz CT molecular complexity index is 299. The predicted molar refractivity (Wildman–Crippen MR) is 48.1 cm³/mol. The summed E-state index contributed by atoms with van der Waals surface area (Å²) in [6.07, 6.45) is 0.719. The van der Waals surface area contributed by atoms with Crippen LogP contribution >= 0.6 is 12.6 Å². The molecule has 1 aromatic rings. The lowest BCUT2D eigenvalue weighted by molar-refractivity contribution is -0.108. The van der Waals surface area contributed by atoms with Gasteiger partial charge in [-0.25, -0.2) is 4.39 Å². The molecule has 3 heteroatoms. The van der Waals surface area contributed by atoms with Crippen molar-refractivity contribution in [3.8, 4) is 0 Å². The first-order chi connectivity index (χ1) is 5.65. The molecule has 0 bridgehead atoms. The fourth-order valence-electron chi connectivity index (χ4n) is 0.959. The third-order valence-electron chi connectivity index (χ3n) is 1.68. The zero-order valence-electron chi connectivity index (χ0n) is 6.62. The first kappa shape index (κ1) is 9.26. The number of aldehydes is 1. The van der Waals surface area contributed by atoms with Crippen LogP contribution in [-0.2, 0) is 4.79 Å². The molecule has 0 aliphatic heterocycles. The summed E-state index contributed by atoms with van der Waals surface area (Å²) < 4.78 is 13.1. The standard InChI is InChI=1S/C9H9FOS/c1-6(5-11)8-3-2-7(12)4-9(8)10/h2-6,12H,1H3. The minimum atomic E-state index is -0.390. The van der Waals surface area contributed by atoms with E-state index in [2.05, 4.69) is 12.6 Å². The minimum absolute atomic E-state index is 0.373. The van der Waals surface area contributed by atoms with Crippen LogP contribution in [0.1, 0.15) is 18.4 Å². The number of hydrogen-bond donors (Lipinski definition) is 1. The lowest BCUT2D eigenvalue weighted by atomic mass is 10.0. The van der Waals surface area contributed by atoms with Gasteiger partial charge in [0.15, 0.2) is 0 Å².